The monoisotopic (exact) mass is 278 g/mol. The van der Waals surface area contributed by atoms with Gasteiger partial charge in [0.1, 0.15) is 11.1 Å². The second-order valence-corrected chi connectivity index (χ2v) is 4.79. The Morgan fingerprint density at radius 2 is 2.05 bits per heavy atom. The summed E-state index contributed by atoms with van der Waals surface area (Å²) in [5, 5.41) is 0.535. The van der Waals surface area contributed by atoms with Gasteiger partial charge < -0.3 is 9.15 Å². The van der Waals surface area contributed by atoms with Crippen molar-refractivity contribution in [1.82, 2.24) is 0 Å². The van der Waals surface area contributed by atoms with Crippen LogP contribution < -0.4 is 10.4 Å². The zero-order valence-corrected chi connectivity index (χ0v) is 11.9. The van der Waals surface area contributed by atoms with E-state index >= 15 is 0 Å². The molecule has 0 N–H and O–H groups in total. The van der Waals surface area contributed by atoms with Crippen molar-refractivity contribution < 1.29 is 13.5 Å². The van der Waals surface area contributed by atoms with Gasteiger partial charge in [0.25, 0.3) is 0 Å². The van der Waals surface area contributed by atoms with Crippen LogP contribution in [0.2, 0.25) is 0 Å². The predicted octanol–water partition coefficient (Wildman–Crippen LogP) is 4.06. The van der Waals surface area contributed by atoms with E-state index in [0.717, 1.165) is 19.3 Å². The quantitative estimate of drug-likeness (QED) is 0.799. The molecule has 0 saturated heterocycles. The third-order valence-corrected chi connectivity index (χ3v) is 3.12. The van der Waals surface area contributed by atoms with Crippen LogP contribution in [-0.2, 0) is 6.42 Å². The Bertz CT molecular complexity index is 646. The molecule has 1 aromatic heterocycles. The first kappa shape index (κ1) is 14.6. The lowest BCUT2D eigenvalue weighted by Gasteiger charge is -2.08. The summed E-state index contributed by atoms with van der Waals surface area (Å²) >= 11 is 0. The number of unbranched alkanes of at least 4 members (excludes halogenated alkanes) is 1. The molecule has 1 heterocycles. The predicted molar refractivity (Wildman–Crippen MR) is 76.8 cm³/mol. The highest BCUT2D eigenvalue weighted by Gasteiger charge is 2.14. The minimum atomic E-state index is -0.633. The molecule has 3 nitrogen and oxygen atoms in total. The molecular formula is C16H19FO3. The summed E-state index contributed by atoms with van der Waals surface area (Å²) in [5.74, 6) is 0.0747. The van der Waals surface area contributed by atoms with Crippen molar-refractivity contribution in [3.8, 4) is 5.75 Å². The summed E-state index contributed by atoms with van der Waals surface area (Å²) in [5.41, 5.74) is -0.631. The fourth-order valence-corrected chi connectivity index (χ4v) is 2.07. The van der Waals surface area contributed by atoms with Crippen LogP contribution in [0.4, 0.5) is 4.39 Å². The number of fused-ring (bicyclic) bond motifs is 1. The molecule has 0 radical (unpaired) electrons. The van der Waals surface area contributed by atoms with Crippen LogP contribution in [0.5, 0.6) is 5.75 Å². The summed E-state index contributed by atoms with van der Waals surface area (Å²) in [6.45, 7) is 4.42. The number of aryl methyl sites for hydroxylation is 1. The Hall–Kier alpha value is -1.84. The van der Waals surface area contributed by atoms with Crippen LogP contribution in [0.25, 0.3) is 10.8 Å². The van der Waals surface area contributed by atoms with E-state index < -0.39 is 11.4 Å². The third kappa shape index (κ3) is 3.00. The zero-order valence-electron chi connectivity index (χ0n) is 11.9. The topological polar surface area (TPSA) is 39.4 Å². The normalized spacial score (nSPS) is 10.9. The first-order valence-electron chi connectivity index (χ1n) is 7.05. The molecule has 108 valence electrons. The lowest BCUT2D eigenvalue weighted by Crippen LogP contribution is -2.06. The minimum Gasteiger partial charge on any atom is -0.491 e. The standard InChI is InChI=1S/C16H19FO3/c1-3-5-6-12-10-11-7-8-13(19-9-4-2)15(17)14(11)16(18)20-12/h7-8,10H,3-6,9H2,1-2H3. The van der Waals surface area contributed by atoms with Gasteiger partial charge in [0.15, 0.2) is 11.6 Å². The molecule has 20 heavy (non-hydrogen) atoms. The van der Waals surface area contributed by atoms with Gasteiger partial charge in [-0.3, -0.25) is 0 Å². The molecule has 4 heteroatoms. The van der Waals surface area contributed by atoms with E-state index in [1.54, 1.807) is 18.2 Å². The van der Waals surface area contributed by atoms with Gasteiger partial charge in [0, 0.05) is 6.42 Å². The SMILES string of the molecule is CCCCc1cc2ccc(OCCC)c(F)c2c(=O)o1. The molecule has 0 amide bonds. The van der Waals surface area contributed by atoms with Gasteiger partial charge in [-0.15, -0.1) is 0 Å². The number of rotatable bonds is 6. The Kier molecular flexibility index (Phi) is 4.77. The number of halogens is 1. The molecule has 0 aliphatic heterocycles. The van der Waals surface area contributed by atoms with E-state index in [4.69, 9.17) is 9.15 Å². The van der Waals surface area contributed by atoms with Crippen LogP contribution in [0.3, 0.4) is 0 Å². The maximum atomic E-state index is 14.3. The summed E-state index contributed by atoms with van der Waals surface area (Å²) in [4.78, 5) is 11.9. The maximum absolute atomic E-state index is 14.3. The maximum Gasteiger partial charge on any atom is 0.346 e. The number of benzene rings is 1. The zero-order chi connectivity index (χ0) is 14.5. The Balaban J connectivity index is 2.45. The van der Waals surface area contributed by atoms with Gasteiger partial charge in [-0.25, -0.2) is 9.18 Å². The summed E-state index contributed by atoms with van der Waals surface area (Å²) in [6, 6.07) is 5.01. The van der Waals surface area contributed by atoms with Crippen LogP contribution in [0.15, 0.2) is 27.4 Å². The molecule has 0 spiro atoms. The van der Waals surface area contributed by atoms with Crippen molar-refractivity contribution in [2.75, 3.05) is 6.61 Å². The highest BCUT2D eigenvalue weighted by atomic mass is 19.1. The average Bonchev–Trinajstić information content (AvgIpc) is 2.44. The van der Waals surface area contributed by atoms with Crippen molar-refractivity contribution in [3.05, 3.63) is 40.2 Å². The van der Waals surface area contributed by atoms with Crippen molar-refractivity contribution in [2.45, 2.75) is 39.5 Å². The molecule has 0 aliphatic rings. The highest BCUT2D eigenvalue weighted by Crippen LogP contribution is 2.25. The van der Waals surface area contributed by atoms with Crippen LogP contribution in [0.1, 0.15) is 38.9 Å². The van der Waals surface area contributed by atoms with Gasteiger partial charge in [0.05, 0.1) is 6.61 Å². The van der Waals surface area contributed by atoms with Crippen LogP contribution in [0, 0.1) is 5.82 Å². The Labute approximate surface area is 117 Å². The summed E-state index contributed by atoms with van der Waals surface area (Å²) < 4.78 is 24.7. The summed E-state index contributed by atoms with van der Waals surface area (Å²) in [7, 11) is 0. The van der Waals surface area contributed by atoms with Gasteiger partial charge in [-0.05, 0) is 30.4 Å². The Morgan fingerprint density at radius 1 is 1.25 bits per heavy atom. The molecule has 0 saturated carbocycles. The Morgan fingerprint density at radius 3 is 2.75 bits per heavy atom. The molecule has 0 atom stereocenters. The van der Waals surface area contributed by atoms with Crippen LogP contribution in [-0.4, -0.2) is 6.61 Å². The number of ether oxygens (including phenoxy) is 1. The van der Waals surface area contributed by atoms with Gasteiger partial charge in [-0.1, -0.05) is 26.3 Å². The molecule has 2 rings (SSSR count). The van der Waals surface area contributed by atoms with Gasteiger partial charge >= 0.3 is 5.63 Å². The highest BCUT2D eigenvalue weighted by molar-refractivity contribution is 5.83. The lowest BCUT2D eigenvalue weighted by molar-refractivity contribution is 0.302. The first-order valence-corrected chi connectivity index (χ1v) is 7.05. The van der Waals surface area contributed by atoms with Crippen molar-refractivity contribution >= 4 is 10.8 Å². The molecule has 0 bridgehead atoms. The molecule has 0 fully saturated rings. The molecule has 1 aromatic carbocycles. The summed E-state index contributed by atoms with van der Waals surface area (Å²) in [6.07, 6.45) is 3.42. The average molecular weight is 278 g/mol. The smallest absolute Gasteiger partial charge is 0.346 e. The number of hydrogen-bond donors (Lipinski definition) is 0. The second kappa shape index (κ2) is 6.55. The van der Waals surface area contributed by atoms with E-state index in [1.807, 2.05) is 6.92 Å². The van der Waals surface area contributed by atoms with E-state index in [9.17, 15) is 9.18 Å². The van der Waals surface area contributed by atoms with E-state index in [1.165, 1.54) is 0 Å². The van der Waals surface area contributed by atoms with E-state index in [2.05, 4.69) is 6.92 Å². The molecule has 0 unspecified atom stereocenters. The van der Waals surface area contributed by atoms with Crippen molar-refractivity contribution in [1.29, 1.82) is 0 Å². The largest absolute Gasteiger partial charge is 0.491 e. The lowest BCUT2D eigenvalue weighted by atomic mass is 10.1. The van der Waals surface area contributed by atoms with E-state index in [-0.39, 0.29) is 11.1 Å². The third-order valence-electron chi connectivity index (χ3n) is 3.12. The first-order chi connectivity index (χ1) is 9.67. The molecule has 0 aliphatic carbocycles. The number of hydrogen-bond acceptors (Lipinski definition) is 3. The second-order valence-electron chi connectivity index (χ2n) is 4.79. The van der Waals surface area contributed by atoms with Crippen molar-refractivity contribution in [2.24, 2.45) is 0 Å². The molecular weight excluding hydrogens is 259 g/mol. The van der Waals surface area contributed by atoms with Gasteiger partial charge in [0.2, 0.25) is 0 Å². The minimum absolute atomic E-state index is 0.0288. The van der Waals surface area contributed by atoms with Crippen LogP contribution >= 0.6 is 0 Å². The van der Waals surface area contributed by atoms with Gasteiger partial charge in [-0.2, -0.15) is 0 Å². The van der Waals surface area contributed by atoms with E-state index in [0.29, 0.717) is 24.2 Å². The van der Waals surface area contributed by atoms with Crippen molar-refractivity contribution in [3.63, 3.8) is 0 Å². The fourth-order valence-electron chi connectivity index (χ4n) is 2.07. The fraction of sp³-hybridized carbons (Fsp3) is 0.438. The molecule has 2 aromatic rings.